The van der Waals surface area contributed by atoms with Gasteiger partial charge in [0.05, 0.1) is 25.9 Å². The van der Waals surface area contributed by atoms with Gasteiger partial charge in [-0.2, -0.15) is 0 Å². The largest absolute Gasteiger partial charge is 0.389 e. The lowest BCUT2D eigenvalue weighted by Crippen LogP contribution is -2.39. The van der Waals surface area contributed by atoms with Crippen LogP contribution in [-0.2, 0) is 9.47 Å². The third-order valence-electron chi connectivity index (χ3n) is 2.61. The molecule has 0 aromatic heterocycles. The zero-order valence-electron chi connectivity index (χ0n) is 12.4. The number of aliphatic hydroxyl groups is 1. The van der Waals surface area contributed by atoms with Gasteiger partial charge < -0.3 is 19.5 Å². The minimum Gasteiger partial charge on any atom is -0.389 e. The number of methoxy groups -OCH3 is 1. The van der Waals surface area contributed by atoms with Crippen molar-refractivity contribution in [3.63, 3.8) is 0 Å². The molecule has 0 fully saturated rings. The van der Waals surface area contributed by atoms with Crippen LogP contribution in [0.2, 0.25) is 0 Å². The molecule has 0 aromatic rings. The molecule has 110 valence electrons. The van der Waals surface area contributed by atoms with Crippen LogP contribution in [0.1, 0.15) is 13.3 Å². The number of nitrogens with zero attached hydrogens (tertiary/aromatic N) is 2. The van der Waals surface area contributed by atoms with Crippen molar-refractivity contribution in [2.75, 3.05) is 67.2 Å². The molecule has 0 aliphatic carbocycles. The highest BCUT2D eigenvalue weighted by molar-refractivity contribution is 4.65. The average molecular weight is 262 g/mol. The maximum atomic E-state index is 9.89. The van der Waals surface area contributed by atoms with Crippen molar-refractivity contribution in [3.05, 3.63) is 0 Å². The summed E-state index contributed by atoms with van der Waals surface area (Å²) in [5.74, 6) is 0. The second kappa shape index (κ2) is 11.9. The predicted molar refractivity (Wildman–Crippen MR) is 74.0 cm³/mol. The number of rotatable bonds is 12. The topological polar surface area (TPSA) is 45.2 Å². The van der Waals surface area contributed by atoms with Crippen LogP contribution in [0, 0.1) is 0 Å². The minimum atomic E-state index is -0.421. The fourth-order valence-electron chi connectivity index (χ4n) is 1.66. The molecule has 0 aliphatic rings. The molecule has 5 nitrogen and oxygen atoms in total. The minimum absolute atomic E-state index is 0.380. The lowest BCUT2D eigenvalue weighted by atomic mass is 10.3. The number of likely N-dealkylation sites (N-methyl/N-ethyl adjacent to an activating group) is 1. The fourth-order valence-corrected chi connectivity index (χ4v) is 1.66. The van der Waals surface area contributed by atoms with Crippen LogP contribution < -0.4 is 0 Å². The van der Waals surface area contributed by atoms with Gasteiger partial charge in [-0.1, -0.05) is 6.92 Å². The second-order valence-corrected chi connectivity index (χ2v) is 4.83. The smallest absolute Gasteiger partial charge is 0.0900 e. The molecular weight excluding hydrogens is 232 g/mol. The van der Waals surface area contributed by atoms with Gasteiger partial charge in [0.25, 0.3) is 0 Å². The molecule has 0 aliphatic heterocycles. The first-order valence-electron chi connectivity index (χ1n) is 6.72. The molecule has 0 saturated heterocycles. The van der Waals surface area contributed by atoms with E-state index in [1.54, 1.807) is 7.11 Å². The molecule has 1 N–H and O–H groups in total. The number of ether oxygens (including phenoxy) is 2. The Balaban J connectivity index is 3.76. The van der Waals surface area contributed by atoms with E-state index in [0.717, 1.165) is 26.1 Å². The van der Waals surface area contributed by atoms with Crippen LogP contribution in [0.3, 0.4) is 0 Å². The Morgan fingerprint density at radius 3 is 2.39 bits per heavy atom. The van der Waals surface area contributed by atoms with Gasteiger partial charge in [0.1, 0.15) is 0 Å². The molecule has 0 amide bonds. The van der Waals surface area contributed by atoms with E-state index in [2.05, 4.69) is 30.8 Å². The van der Waals surface area contributed by atoms with Gasteiger partial charge >= 0.3 is 0 Å². The summed E-state index contributed by atoms with van der Waals surface area (Å²) in [5, 5.41) is 9.89. The molecule has 18 heavy (non-hydrogen) atoms. The van der Waals surface area contributed by atoms with Crippen LogP contribution in [0.4, 0.5) is 0 Å². The summed E-state index contributed by atoms with van der Waals surface area (Å²) < 4.78 is 10.2. The molecule has 0 heterocycles. The van der Waals surface area contributed by atoms with E-state index < -0.39 is 6.10 Å². The highest BCUT2D eigenvalue weighted by Gasteiger charge is 2.11. The standard InChI is InChI=1S/C13H30N2O3/c1-5-6-15(8-7-14(2)3)11-13(16)12-18-10-9-17-4/h13,16H,5-12H2,1-4H3. The van der Waals surface area contributed by atoms with Crippen LogP contribution >= 0.6 is 0 Å². The maximum absolute atomic E-state index is 9.89. The number of hydrogen-bond acceptors (Lipinski definition) is 5. The normalized spacial score (nSPS) is 13.5. The molecule has 0 bridgehead atoms. The molecule has 0 saturated carbocycles. The lowest BCUT2D eigenvalue weighted by molar-refractivity contribution is -0.00107. The van der Waals surface area contributed by atoms with E-state index in [1.165, 1.54) is 0 Å². The zero-order valence-corrected chi connectivity index (χ0v) is 12.4. The van der Waals surface area contributed by atoms with Gasteiger partial charge in [-0.3, -0.25) is 4.90 Å². The van der Waals surface area contributed by atoms with Gasteiger partial charge in [0.15, 0.2) is 0 Å². The summed E-state index contributed by atoms with van der Waals surface area (Å²) in [4.78, 5) is 4.44. The first-order valence-corrected chi connectivity index (χ1v) is 6.72. The monoisotopic (exact) mass is 262 g/mol. The Hall–Kier alpha value is -0.200. The first kappa shape index (κ1) is 17.8. The first-order chi connectivity index (χ1) is 8.60. The average Bonchev–Trinajstić information content (AvgIpc) is 2.32. The Morgan fingerprint density at radius 1 is 1.11 bits per heavy atom. The summed E-state index contributed by atoms with van der Waals surface area (Å²) in [6, 6.07) is 0. The van der Waals surface area contributed by atoms with E-state index in [0.29, 0.717) is 26.4 Å². The Kier molecular flexibility index (Phi) is 11.7. The summed E-state index contributed by atoms with van der Waals surface area (Å²) in [6.45, 7) is 7.34. The third kappa shape index (κ3) is 10.9. The molecule has 1 unspecified atom stereocenters. The number of hydrogen-bond donors (Lipinski definition) is 1. The molecule has 0 radical (unpaired) electrons. The zero-order chi connectivity index (χ0) is 13.8. The van der Waals surface area contributed by atoms with Crippen molar-refractivity contribution in [1.29, 1.82) is 0 Å². The Morgan fingerprint density at radius 2 is 1.83 bits per heavy atom. The van der Waals surface area contributed by atoms with Crippen molar-refractivity contribution >= 4 is 0 Å². The van der Waals surface area contributed by atoms with Crippen LogP contribution in [0.15, 0.2) is 0 Å². The maximum Gasteiger partial charge on any atom is 0.0900 e. The predicted octanol–water partition coefficient (Wildman–Crippen LogP) is 0.284. The van der Waals surface area contributed by atoms with E-state index in [1.807, 2.05) is 0 Å². The molecule has 5 heteroatoms. The second-order valence-electron chi connectivity index (χ2n) is 4.83. The van der Waals surface area contributed by atoms with E-state index in [4.69, 9.17) is 9.47 Å². The number of aliphatic hydroxyl groups excluding tert-OH is 1. The van der Waals surface area contributed by atoms with Crippen molar-refractivity contribution < 1.29 is 14.6 Å². The molecular formula is C13H30N2O3. The van der Waals surface area contributed by atoms with E-state index in [9.17, 15) is 5.11 Å². The third-order valence-corrected chi connectivity index (χ3v) is 2.61. The highest BCUT2D eigenvalue weighted by atomic mass is 16.5. The van der Waals surface area contributed by atoms with Gasteiger partial charge in [0.2, 0.25) is 0 Å². The van der Waals surface area contributed by atoms with Gasteiger partial charge in [-0.15, -0.1) is 0 Å². The van der Waals surface area contributed by atoms with E-state index in [-0.39, 0.29) is 0 Å². The summed E-state index contributed by atoms with van der Waals surface area (Å²) >= 11 is 0. The van der Waals surface area contributed by atoms with Crippen molar-refractivity contribution in [2.45, 2.75) is 19.4 Å². The Bertz CT molecular complexity index is 180. The van der Waals surface area contributed by atoms with Crippen molar-refractivity contribution in [1.82, 2.24) is 9.80 Å². The molecule has 0 spiro atoms. The van der Waals surface area contributed by atoms with Crippen LogP contribution in [-0.4, -0.2) is 88.2 Å². The molecule has 0 rings (SSSR count). The fraction of sp³-hybridized carbons (Fsp3) is 1.00. The van der Waals surface area contributed by atoms with Gasteiger partial charge in [0, 0.05) is 26.7 Å². The van der Waals surface area contributed by atoms with Crippen LogP contribution in [0.5, 0.6) is 0 Å². The van der Waals surface area contributed by atoms with Gasteiger partial charge in [-0.25, -0.2) is 0 Å². The molecule has 1 atom stereocenters. The van der Waals surface area contributed by atoms with Crippen molar-refractivity contribution in [2.24, 2.45) is 0 Å². The summed E-state index contributed by atoms with van der Waals surface area (Å²) in [7, 11) is 5.77. The van der Waals surface area contributed by atoms with Gasteiger partial charge in [-0.05, 0) is 27.1 Å². The molecule has 0 aromatic carbocycles. The summed E-state index contributed by atoms with van der Waals surface area (Å²) in [6.07, 6.45) is 0.681. The highest BCUT2D eigenvalue weighted by Crippen LogP contribution is 1.97. The Labute approximate surface area is 112 Å². The lowest BCUT2D eigenvalue weighted by Gasteiger charge is -2.25. The van der Waals surface area contributed by atoms with Crippen LogP contribution in [0.25, 0.3) is 0 Å². The van der Waals surface area contributed by atoms with E-state index >= 15 is 0 Å². The SMILES string of the molecule is CCCN(CCN(C)C)CC(O)COCCOC. The quantitative estimate of drug-likeness (QED) is 0.512. The summed E-state index contributed by atoms with van der Waals surface area (Å²) in [5.41, 5.74) is 0. The van der Waals surface area contributed by atoms with Crippen molar-refractivity contribution in [3.8, 4) is 0 Å².